The van der Waals surface area contributed by atoms with Gasteiger partial charge in [0.05, 0.1) is 32.5 Å². The molecule has 0 amide bonds. The van der Waals surface area contributed by atoms with Crippen LogP contribution in [0.2, 0.25) is 0 Å². The van der Waals surface area contributed by atoms with Gasteiger partial charge < -0.3 is 38.5 Å². The number of nitrogen functional groups attached to an aromatic ring is 1. The molecule has 22 heteroatoms. The van der Waals surface area contributed by atoms with Crippen LogP contribution in [-0.2, 0) is 39.2 Å². The maximum absolute atomic E-state index is 13.4. The number of H-pyrrole nitrogens is 1. The third-order valence-corrected chi connectivity index (χ3v) is 12.1. The highest BCUT2D eigenvalue weighted by molar-refractivity contribution is 8.44. The van der Waals surface area contributed by atoms with E-state index in [1.54, 1.807) is 17.1 Å². The minimum atomic E-state index is -3.91. The van der Waals surface area contributed by atoms with E-state index in [2.05, 4.69) is 42.2 Å². The van der Waals surface area contributed by atoms with Crippen molar-refractivity contribution in [2.75, 3.05) is 25.6 Å². The smallest absolute Gasteiger partial charge is 0.382 e. The largest absolute Gasteiger partial charge is 0.386 e. The molecule has 9 atom stereocenters. The number of rotatable bonds is 2. The molecule has 1 aliphatic carbocycles. The highest BCUT2D eigenvalue weighted by atomic mass is 32.7. The average molecular weight is 711 g/mol. The Morgan fingerprint density at radius 1 is 1.09 bits per heavy atom. The van der Waals surface area contributed by atoms with E-state index in [9.17, 15) is 14.3 Å². The van der Waals surface area contributed by atoms with Gasteiger partial charge in [0, 0.05) is 30.3 Å². The van der Waals surface area contributed by atoms with Crippen molar-refractivity contribution in [2.24, 2.45) is 17.8 Å². The van der Waals surface area contributed by atoms with Crippen LogP contribution in [0.25, 0.3) is 28.1 Å². The molecule has 244 valence electrons. The number of thiol groups is 1. The minimum Gasteiger partial charge on any atom is -0.382 e. The molecule has 2 unspecified atom stereocenters. The van der Waals surface area contributed by atoms with Gasteiger partial charge in [0.15, 0.2) is 17.0 Å². The molecule has 0 spiro atoms. The molecular weight excluding hydrogens is 682 g/mol. The predicted octanol–water partition coefficient (Wildman–Crippen LogP) is 2.21. The Bertz CT molecular complexity index is 2140. The lowest BCUT2D eigenvalue weighted by atomic mass is 9.70. The van der Waals surface area contributed by atoms with E-state index >= 15 is 0 Å². The molecular formula is C24H28N10O8P2S2. The van der Waals surface area contributed by atoms with Crippen molar-refractivity contribution >= 4 is 71.5 Å². The number of aromatic nitrogens is 9. The van der Waals surface area contributed by atoms with Crippen LogP contribution in [0, 0.1) is 17.8 Å². The molecule has 0 bridgehead atoms. The SMILES string of the molecule is C[C@@H]1[C@@H]2OP(O)(=S)OC[C@H]3C[C@@H](n4cnc5c(=O)n6ccnc6[nH]c54)[C@@H]3COP(=O)(S)OC[C@H]2O[C@H]1n1cnc2c(N)ncnc21. The second-order valence-corrected chi connectivity index (χ2v) is 17.2. The number of fused-ring (bicyclic) bond motifs is 5. The number of imidazole rings is 3. The highest BCUT2D eigenvalue weighted by Crippen LogP contribution is 2.58. The Hall–Kier alpha value is -2.77. The molecule has 0 aromatic carbocycles. The van der Waals surface area contributed by atoms with Gasteiger partial charge in [-0.2, -0.15) is 0 Å². The van der Waals surface area contributed by atoms with E-state index in [1.807, 2.05) is 11.5 Å². The quantitative estimate of drug-likeness (QED) is 0.152. The summed E-state index contributed by atoms with van der Waals surface area (Å²) in [6.45, 7) is -6.10. The molecule has 8 rings (SSSR count). The van der Waals surface area contributed by atoms with E-state index in [4.69, 9.17) is 40.4 Å². The second kappa shape index (κ2) is 11.2. The van der Waals surface area contributed by atoms with E-state index in [-0.39, 0.29) is 54.6 Å². The molecule has 1 saturated carbocycles. The highest BCUT2D eigenvalue weighted by Gasteiger charge is 2.49. The maximum atomic E-state index is 13.4. The maximum Gasteiger partial charge on any atom is 0.386 e. The summed E-state index contributed by atoms with van der Waals surface area (Å²) in [4.78, 5) is 48.4. The summed E-state index contributed by atoms with van der Waals surface area (Å²) in [5, 5.41) is 0. The van der Waals surface area contributed by atoms with E-state index < -0.39 is 37.9 Å². The number of hydrogen-bond acceptors (Lipinski definition) is 14. The number of ether oxygens (including phenoxy) is 1. The van der Waals surface area contributed by atoms with Crippen molar-refractivity contribution in [2.45, 2.75) is 37.8 Å². The van der Waals surface area contributed by atoms with Crippen molar-refractivity contribution in [3.8, 4) is 0 Å². The van der Waals surface area contributed by atoms with Gasteiger partial charge in [-0.1, -0.05) is 19.2 Å². The van der Waals surface area contributed by atoms with Crippen LogP contribution in [-0.4, -0.2) is 80.4 Å². The topological polar surface area (TPSA) is 221 Å². The van der Waals surface area contributed by atoms with Crippen molar-refractivity contribution in [1.29, 1.82) is 0 Å². The molecule has 5 aromatic rings. The van der Waals surface area contributed by atoms with Gasteiger partial charge in [-0.15, -0.1) is 0 Å². The fourth-order valence-corrected chi connectivity index (χ4v) is 9.25. The molecule has 3 aliphatic rings. The van der Waals surface area contributed by atoms with Crippen molar-refractivity contribution in [3.05, 3.63) is 41.7 Å². The Labute approximate surface area is 269 Å². The third-order valence-electron chi connectivity index (χ3n) is 8.94. The summed E-state index contributed by atoms with van der Waals surface area (Å²) in [5.74, 6) is -0.312. The van der Waals surface area contributed by atoms with Crippen molar-refractivity contribution in [3.63, 3.8) is 0 Å². The number of nitrogens with zero attached hydrogens (tertiary/aromatic N) is 8. The van der Waals surface area contributed by atoms with Gasteiger partial charge in [-0.3, -0.25) is 13.9 Å². The number of hydrogen-bond donors (Lipinski definition) is 4. The monoisotopic (exact) mass is 710 g/mol. The summed E-state index contributed by atoms with van der Waals surface area (Å²) >= 11 is 9.69. The molecule has 2 saturated heterocycles. The zero-order chi connectivity index (χ0) is 32.0. The van der Waals surface area contributed by atoms with E-state index in [0.717, 1.165) is 0 Å². The van der Waals surface area contributed by atoms with Crippen LogP contribution in [0.3, 0.4) is 0 Å². The van der Waals surface area contributed by atoms with Gasteiger partial charge >= 0.3 is 13.5 Å². The summed E-state index contributed by atoms with van der Waals surface area (Å²) in [5.41, 5.74) is 7.24. The fraction of sp³-hybridized carbons (Fsp3) is 0.500. The van der Waals surface area contributed by atoms with Crippen molar-refractivity contribution in [1.82, 2.24) is 43.4 Å². The Balaban J connectivity index is 1.06. The molecule has 18 nitrogen and oxygen atoms in total. The van der Waals surface area contributed by atoms with Crippen molar-refractivity contribution < 1.29 is 32.3 Å². The summed E-state index contributed by atoms with van der Waals surface area (Å²) in [6.07, 6.45) is 5.69. The van der Waals surface area contributed by atoms with Crippen LogP contribution in [0.5, 0.6) is 0 Å². The lowest BCUT2D eigenvalue weighted by Crippen LogP contribution is -2.43. The standard InChI is InChI=1S/C24H28N10O8P2S2/c1-11-18-15(41-23(11)34-10-29-16-19(25)27-8-28-20(16)34)7-40-43(36,45)39-6-13-12(5-38-44(37,46)42-18)4-14(13)33-9-30-17-21(33)31-24-26-2-3-32(24)22(17)35/h2-3,8-15,18,23H,4-7H2,1H3,(H,26,31)(H,36,45)(H,37,46)(H2,25,27,28)/t11-,12-,13-,14-,15-,18+,23-,43?,44?/m1/s1. The van der Waals surface area contributed by atoms with Gasteiger partial charge in [0.1, 0.15) is 35.9 Å². The lowest BCUT2D eigenvalue weighted by Gasteiger charge is -2.45. The molecule has 4 N–H and O–H groups in total. The zero-order valence-corrected chi connectivity index (χ0v) is 27.5. The molecule has 2 aliphatic heterocycles. The van der Waals surface area contributed by atoms with Gasteiger partial charge in [0.2, 0.25) is 5.78 Å². The first-order chi connectivity index (χ1) is 22.0. The van der Waals surface area contributed by atoms with Crippen LogP contribution in [0.15, 0.2) is 36.2 Å². The molecule has 5 aromatic heterocycles. The summed E-state index contributed by atoms with van der Waals surface area (Å²) < 4.78 is 48.1. The minimum absolute atomic E-state index is 0.0275. The fourth-order valence-electron chi connectivity index (χ4n) is 6.52. The first-order valence-electron chi connectivity index (χ1n) is 14.3. The second-order valence-electron chi connectivity index (χ2n) is 11.5. The molecule has 7 heterocycles. The van der Waals surface area contributed by atoms with Crippen LogP contribution in [0.1, 0.15) is 25.6 Å². The Kier molecular flexibility index (Phi) is 7.41. The van der Waals surface area contributed by atoms with E-state index in [0.29, 0.717) is 29.0 Å². The van der Waals surface area contributed by atoms with Crippen LogP contribution >= 0.6 is 25.8 Å². The normalized spacial score (nSPS) is 35.7. The molecule has 46 heavy (non-hydrogen) atoms. The lowest BCUT2D eigenvalue weighted by molar-refractivity contribution is -0.0395. The third kappa shape index (κ3) is 5.11. The first-order valence-corrected chi connectivity index (χ1v) is 19.6. The predicted molar refractivity (Wildman–Crippen MR) is 168 cm³/mol. The van der Waals surface area contributed by atoms with Gasteiger partial charge in [0.25, 0.3) is 5.56 Å². The van der Waals surface area contributed by atoms with Crippen LogP contribution in [0.4, 0.5) is 5.82 Å². The number of aromatic amines is 1. The summed E-state index contributed by atoms with van der Waals surface area (Å²) in [6, 6.07) is -0.228. The zero-order valence-electron chi connectivity index (χ0n) is 24.0. The number of nitrogens with one attached hydrogen (secondary N) is 1. The summed E-state index contributed by atoms with van der Waals surface area (Å²) in [7, 11) is 0. The first kappa shape index (κ1) is 30.6. The average Bonchev–Trinajstić information content (AvgIpc) is 3.79. The number of anilines is 1. The van der Waals surface area contributed by atoms with Gasteiger partial charge in [-0.05, 0) is 24.1 Å². The Morgan fingerprint density at radius 3 is 2.72 bits per heavy atom. The number of nitrogens with two attached hydrogens (primary N) is 1. The molecule has 0 radical (unpaired) electrons. The van der Waals surface area contributed by atoms with E-state index in [1.165, 1.54) is 23.3 Å². The van der Waals surface area contributed by atoms with Crippen LogP contribution < -0.4 is 11.3 Å². The van der Waals surface area contributed by atoms with Gasteiger partial charge in [-0.25, -0.2) is 33.9 Å². The molecule has 3 fully saturated rings. The Morgan fingerprint density at radius 2 is 1.87 bits per heavy atom.